The molecule has 5 nitrogen and oxygen atoms in total. The molecule has 0 saturated carbocycles. The van der Waals surface area contributed by atoms with E-state index >= 15 is 0 Å². The lowest BCUT2D eigenvalue weighted by Gasteiger charge is -2.08. The van der Waals surface area contributed by atoms with Crippen molar-refractivity contribution in [1.82, 2.24) is 5.32 Å². The highest BCUT2D eigenvalue weighted by Crippen LogP contribution is 2.22. The summed E-state index contributed by atoms with van der Waals surface area (Å²) in [6.07, 6.45) is -0.523. The molecule has 0 aromatic heterocycles. The number of hydrogen-bond donors (Lipinski definition) is 1. The Hall–Kier alpha value is -2.53. The quantitative estimate of drug-likeness (QED) is 0.665. The minimum atomic E-state index is -0.523. The maximum Gasteiger partial charge on any atom is 0.407 e. The Bertz CT molecular complexity index is 702. The summed E-state index contributed by atoms with van der Waals surface area (Å²) >= 11 is 6.10. The molecular weight excluding hydrogens is 316 g/mol. The normalized spacial score (nSPS) is 11.0. The number of nitrogens with one attached hydrogen (secondary N) is 1. The minimum Gasteiger partial charge on any atom is -0.453 e. The Labute approximate surface area is 139 Å². The molecule has 2 aromatic rings. The summed E-state index contributed by atoms with van der Waals surface area (Å²) < 4.78 is 4.52. The van der Waals surface area contributed by atoms with E-state index in [-0.39, 0.29) is 6.54 Å². The molecule has 2 aromatic carbocycles. The Morgan fingerprint density at radius 2 is 1.96 bits per heavy atom. The smallest absolute Gasteiger partial charge is 0.407 e. The van der Waals surface area contributed by atoms with Crippen molar-refractivity contribution in [2.75, 3.05) is 7.11 Å². The van der Waals surface area contributed by atoms with E-state index in [4.69, 9.17) is 16.4 Å². The van der Waals surface area contributed by atoms with Crippen LogP contribution in [0.25, 0.3) is 0 Å². The van der Waals surface area contributed by atoms with Crippen LogP contribution in [0.1, 0.15) is 18.1 Å². The largest absolute Gasteiger partial charge is 0.453 e. The first-order valence-corrected chi connectivity index (χ1v) is 7.35. The maximum atomic E-state index is 11.1. The van der Waals surface area contributed by atoms with Crippen molar-refractivity contribution in [3.8, 4) is 5.75 Å². The maximum absolute atomic E-state index is 11.1. The second kappa shape index (κ2) is 8.19. The molecule has 0 aliphatic carbocycles. The highest BCUT2D eigenvalue weighted by molar-refractivity contribution is 6.31. The van der Waals surface area contributed by atoms with Crippen molar-refractivity contribution in [3.05, 3.63) is 64.7 Å². The summed E-state index contributed by atoms with van der Waals surface area (Å²) in [5.41, 5.74) is 2.45. The van der Waals surface area contributed by atoms with Crippen molar-refractivity contribution < 1.29 is 14.4 Å². The number of alkyl carbamates (subject to hydrolysis) is 1. The number of halogens is 1. The van der Waals surface area contributed by atoms with Crippen LogP contribution >= 0.6 is 11.6 Å². The number of ether oxygens (including phenoxy) is 1. The number of hydrogen-bond acceptors (Lipinski definition) is 4. The molecule has 0 fully saturated rings. The van der Waals surface area contributed by atoms with Crippen LogP contribution in [0.2, 0.25) is 5.02 Å². The fourth-order valence-electron chi connectivity index (χ4n) is 1.84. The number of oxime groups is 1. The van der Waals surface area contributed by atoms with E-state index in [1.54, 1.807) is 18.2 Å². The number of methoxy groups -OCH3 is 1. The van der Waals surface area contributed by atoms with Crippen molar-refractivity contribution >= 4 is 23.4 Å². The Morgan fingerprint density at radius 3 is 2.65 bits per heavy atom. The number of carbonyl (C=O) groups excluding carboxylic acids is 1. The molecule has 0 bridgehead atoms. The van der Waals surface area contributed by atoms with Gasteiger partial charge in [0.05, 0.1) is 12.8 Å². The van der Waals surface area contributed by atoms with Gasteiger partial charge < -0.3 is 14.9 Å². The highest BCUT2D eigenvalue weighted by Gasteiger charge is 2.06. The van der Waals surface area contributed by atoms with Crippen molar-refractivity contribution in [3.63, 3.8) is 0 Å². The minimum absolute atomic E-state index is 0.240. The average molecular weight is 333 g/mol. The number of carbonyl (C=O) groups is 1. The van der Waals surface area contributed by atoms with E-state index in [1.165, 1.54) is 7.11 Å². The lowest BCUT2D eigenvalue weighted by molar-refractivity contribution is 0.170. The van der Waals surface area contributed by atoms with Gasteiger partial charge in [0, 0.05) is 11.6 Å². The molecule has 2 rings (SSSR count). The van der Waals surface area contributed by atoms with Gasteiger partial charge >= 0.3 is 6.09 Å². The van der Waals surface area contributed by atoms with Crippen LogP contribution in [-0.2, 0) is 11.3 Å². The van der Waals surface area contributed by atoms with Crippen molar-refractivity contribution in [1.29, 1.82) is 0 Å². The Kier molecular flexibility index (Phi) is 6.00. The number of rotatable bonds is 5. The van der Waals surface area contributed by atoms with Crippen LogP contribution in [0.3, 0.4) is 0 Å². The van der Waals surface area contributed by atoms with E-state index in [2.05, 4.69) is 15.2 Å². The van der Waals surface area contributed by atoms with Gasteiger partial charge in [0.25, 0.3) is 0 Å². The lowest BCUT2D eigenvalue weighted by atomic mass is 10.1. The molecule has 6 heteroatoms. The zero-order valence-corrected chi connectivity index (χ0v) is 13.6. The van der Waals surface area contributed by atoms with Gasteiger partial charge in [-0.15, -0.1) is 0 Å². The average Bonchev–Trinajstić information content (AvgIpc) is 2.60. The number of benzene rings is 2. The fraction of sp³-hybridized carbons (Fsp3) is 0.176. The molecule has 0 unspecified atom stereocenters. The van der Waals surface area contributed by atoms with Gasteiger partial charge in [-0.3, -0.25) is 0 Å². The van der Waals surface area contributed by atoms with Gasteiger partial charge in [0.2, 0.25) is 0 Å². The van der Waals surface area contributed by atoms with E-state index in [9.17, 15) is 4.79 Å². The third kappa shape index (κ3) is 5.00. The molecule has 0 aliphatic heterocycles. The first kappa shape index (κ1) is 16.8. The molecule has 0 radical (unpaired) electrons. The lowest BCUT2D eigenvalue weighted by Crippen LogP contribution is -2.22. The predicted octanol–water partition coefficient (Wildman–Crippen LogP) is 4.00. The van der Waals surface area contributed by atoms with Crippen molar-refractivity contribution in [2.24, 2.45) is 5.16 Å². The summed E-state index contributed by atoms with van der Waals surface area (Å²) in [6.45, 7) is 2.11. The van der Waals surface area contributed by atoms with Gasteiger partial charge in [-0.1, -0.05) is 47.1 Å². The second-order valence-corrected chi connectivity index (χ2v) is 5.14. The summed E-state index contributed by atoms with van der Waals surface area (Å²) in [5, 5.41) is 7.20. The van der Waals surface area contributed by atoms with Crippen molar-refractivity contribution in [2.45, 2.75) is 13.5 Å². The monoisotopic (exact) mass is 332 g/mol. The SMILES string of the molecule is COC(=O)NCc1cc(O/N=C(\C)c2ccccc2)ccc1Cl. The van der Waals surface area contributed by atoms with Crippen LogP contribution in [0, 0.1) is 0 Å². The summed E-state index contributed by atoms with van der Waals surface area (Å²) in [5.74, 6) is 0.534. The molecule has 0 atom stereocenters. The predicted molar refractivity (Wildman–Crippen MR) is 90.0 cm³/mol. The van der Waals surface area contributed by atoms with Gasteiger partial charge in [-0.2, -0.15) is 0 Å². The van der Waals surface area contributed by atoms with Crippen LogP contribution in [0.15, 0.2) is 53.7 Å². The summed E-state index contributed by atoms with van der Waals surface area (Å²) in [6, 6.07) is 14.9. The van der Waals surface area contributed by atoms with Gasteiger partial charge in [0.15, 0.2) is 5.75 Å². The molecule has 0 heterocycles. The van der Waals surface area contributed by atoms with Crippen LogP contribution < -0.4 is 10.2 Å². The number of nitrogens with zero attached hydrogens (tertiary/aromatic N) is 1. The van der Waals surface area contributed by atoms with Gasteiger partial charge in [-0.25, -0.2) is 4.79 Å². The highest BCUT2D eigenvalue weighted by atomic mass is 35.5. The zero-order valence-electron chi connectivity index (χ0n) is 12.9. The summed E-state index contributed by atoms with van der Waals surface area (Å²) in [4.78, 5) is 16.6. The standard InChI is InChI=1S/C17H17ClN2O3/c1-12(13-6-4-3-5-7-13)20-23-15-8-9-16(18)14(10-15)11-19-17(21)22-2/h3-10H,11H2,1-2H3,(H,19,21)/b20-12+. The zero-order chi connectivity index (χ0) is 16.7. The topological polar surface area (TPSA) is 59.9 Å². The van der Waals surface area contributed by atoms with E-state index in [1.807, 2.05) is 37.3 Å². The molecule has 1 amide bonds. The first-order valence-electron chi connectivity index (χ1n) is 6.97. The summed E-state index contributed by atoms with van der Waals surface area (Å²) in [7, 11) is 1.30. The van der Waals surface area contributed by atoms with E-state index in [0.717, 1.165) is 11.3 Å². The van der Waals surface area contributed by atoms with Crippen LogP contribution in [0.4, 0.5) is 4.79 Å². The molecular formula is C17H17ClN2O3. The molecule has 120 valence electrons. The third-order valence-electron chi connectivity index (χ3n) is 3.11. The van der Waals surface area contributed by atoms with Crippen LogP contribution in [0.5, 0.6) is 5.75 Å². The van der Waals surface area contributed by atoms with Gasteiger partial charge in [0.1, 0.15) is 0 Å². The Morgan fingerprint density at radius 1 is 1.22 bits per heavy atom. The molecule has 0 spiro atoms. The molecule has 0 aliphatic rings. The Balaban J connectivity index is 2.07. The van der Waals surface area contributed by atoms with Crippen LogP contribution in [-0.4, -0.2) is 18.9 Å². The first-order chi connectivity index (χ1) is 11.1. The van der Waals surface area contributed by atoms with Gasteiger partial charge in [-0.05, 0) is 36.2 Å². The third-order valence-corrected chi connectivity index (χ3v) is 3.47. The number of amides is 1. The second-order valence-electron chi connectivity index (χ2n) is 4.73. The molecule has 1 N–H and O–H groups in total. The molecule has 23 heavy (non-hydrogen) atoms. The van der Waals surface area contributed by atoms with E-state index < -0.39 is 6.09 Å². The fourth-order valence-corrected chi connectivity index (χ4v) is 2.02. The molecule has 0 saturated heterocycles. The van der Waals surface area contributed by atoms with E-state index in [0.29, 0.717) is 16.3 Å².